The average molecular weight is 563 g/mol. The Morgan fingerprint density at radius 1 is 0.744 bits per heavy atom. The van der Waals surface area contributed by atoms with Gasteiger partial charge in [0.1, 0.15) is 0 Å². The lowest BCUT2D eigenvalue weighted by atomic mass is 9.88. The molecule has 0 fully saturated rings. The summed E-state index contributed by atoms with van der Waals surface area (Å²) in [6.07, 6.45) is -14.7. The maximum absolute atomic E-state index is 13.7. The summed E-state index contributed by atoms with van der Waals surface area (Å²) in [4.78, 5) is 12.0. The van der Waals surface area contributed by atoms with E-state index in [-0.39, 0.29) is 40.8 Å². The monoisotopic (exact) mass is 563 g/mol. The number of nitrogens with one attached hydrogen (secondary N) is 1. The van der Waals surface area contributed by atoms with Crippen molar-refractivity contribution in [1.82, 2.24) is 0 Å². The number of alkyl halides is 9. The topological polar surface area (TPSA) is 49.3 Å². The number of rotatable bonds is 7. The maximum Gasteiger partial charge on any atom is 0.418 e. The van der Waals surface area contributed by atoms with E-state index in [0.717, 1.165) is 24.3 Å². The van der Waals surface area contributed by atoms with Gasteiger partial charge in [-0.1, -0.05) is 32.0 Å². The molecule has 3 aromatic carbocycles. The van der Waals surface area contributed by atoms with Crippen molar-refractivity contribution in [3.05, 3.63) is 82.9 Å². The number of carboxylic acids is 1. The standard InChI is InChI=1S/C27H22F9NO2/c1-14(2)9-21(24(38)39)17-10-16(15-3-5-18(6-4-15)25(28,29)30)11-20(12-17)37-23-8-7-19(26(31,32)33)13-22(23)27(34,35)36/h3-8,10-14,21,37H,9H2,1-2H3,(H,38,39)/t21-/m1/s1. The second-order valence-electron chi connectivity index (χ2n) is 9.32. The largest absolute Gasteiger partial charge is 0.481 e. The highest BCUT2D eigenvalue weighted by atomic mass is 19.4. The van der Waals surface area contributed by atoms with E-state index in [1.807, 2.05) is 0 Å². The van der Waals surface area contributed by atoms with Gasteiger partial charge in [-0.15, -0.1) is 0 Å². The van der Waals surface area contributed by atoms with Crippen molar-refractivity contribution >= 4 is 17.3 Å². The molecule has 2 N–H and O–H groups in total. The molecule has 12 heteroatoms. The van der Waals surface area contributed by atoms with Crippen molar-refractivity contribution in [3.8, 4) is 11.1 Å². The number of hydrogen-bond donors (Lipinski definition) is 2. The van der Waals surface area contributed by atoms with Gasteiger partial charge in [0.15, 0.2) is 0 Å². The molecule has 210 valence electrons. The molecule has 0 saturated heterocycles. The summed E-state index contributed by atoms with van der Waals surface area (Å²) in [7, 11) is 0. The number of hydrogen-bond acceptors (Lipinski definition) is 2. The molecule has 0 aliphatic rings. The lowest BCUT2D eigenvalue weighted by molar-refractivity contribution is -0.143. The van der Waals surface area contributed by atoms with Crippen LogP contribution in [-0.4, -0.2) is 11.1 Å². The van der Waals surface area contributed by atoms with Crippen LogP contribution in [0.15, 0.2) is 60.7 Å². The van der Waals surface area contributed by atoms with E-state index in [1.165, 1.54) is 18.2 Å². The third-order valence-electron chi connectivity index (χ3n) is 5.84. The zero-order chi connectivity index (χ0) is 29.3. The Morgan fingerprint density at radius 3 is 1.79 bits per heavy atom. The Labute approximate surface area is 217 Å². The minimum Gasteiger partial charge on any atom is -0.481 e. The quantitative estimate of drug-likeness (QED) is 0.282. The fraction of sp³-hybridized carbons (Fsp3) is 0.296. The number of halogens is 9. The van der Waals surface area contributed by atoms with Crippen LogP contribution in [0.5, 0.6) is 0 Å². The highest BCUT2D eigenvalue weighted by Gasteiger charge is 2.38. The Hall–Kier alpha value is -3.70. The summed E-state index contributed by atoms with van der Waals surface area (Å²) in [6, 6.07) is 8.84. The van der Waals surface area contributed by atoms with E-state index in [4.69, 9.17) is 0 Å². The molecule has 0 aliphatic heterocycles. The van der Waals surface area contributed by atoms with E-state index in [2.05, 4.69) is 5.32 Å². The van der Waals surface area contributed by atoms with E-state index in [0.29, 0.717) is 12.1 Å². The second-order valence-corrected chi connectivity index (χ2v) is 9.32. The lowest BCUT2D eigenvalue weighted by Crippen LogP contribution is -2.15. The van der Waals surface area contributed by atoms with Crippen LogP contribution >= 0.6 is 0 Å². The first kappa shape index (κ1) is 29.9. The highest BCUT2D eigenvalue weighted by molar-refractivity contribution is 5.80. The van der Waals surface area contributed by atoms with Crippen LogP contribution in [0, 0.1) is 5.92 Å². The predicted molar refractivity (Wildman–Crippen MR) is 126 cm³/mol. The molecule has 0 radical (unpaired) electrons. The summed E-state index contributed by atoms with van der Waals surface area (Å²) in [5.41, 5.74) is -4.31. The van der Waals surface area contributed by atoms with Gasteiger partial charge in [0.2, 0.25) is 0 Å². The minimum atomic E-state index is -5.17. The molecular weight excluding hydrogens is 541 g/mol. The van der Waals surface area contributed by atoms with Crippen molar-refractivity contribution in [2.24, 2.45) is 5.92 Å². The zero-order valence-electron chi connectivity index (χ0n) is 20.4. The molecule has 0 saturated carbocycles. The number of anilines is 2. The summed E-state index contributed by atoms with van der Waals surface area (Å²) in [5, 5.41) is 12.2. The Balaban J connectivity index is 2.17. The molecule has 3 nitrogen and oxygen atoms in total. The van der Waals surface area contributed by atoms with Crippen molar-refractivity contribution in [2.45, 2.75) is 44.7 Å². The van der Waals surface area contributed by atoms with Crippen LogP contribution in [0.1, 0.15) is 48.4 Å². The molecule has 0 aliphatic carbocycles. The summed E-state index contributed by atoms with van der Waals surface area (Å²) in [5.74, 6) is -2.46. The minimum absolute atomic E-state index is 0.0399. The summed E-state index contributed by atoms with van der Waals surface area (Å²) >= 11 is 0. The Kier molecular flexibility index (Phi) is 8.28. The molecule has 1 atom stereocenters. The van der Waals surface area contributed by atoms with E-state index in [1.54, 1.807) is 13.8 Å². The number of carboxylic acid groups (broad SMARTS) is 1. The predicted octanol–water partition coefficient (Wildman–Crippen LogP) is 9.37. The van der Waals surface area contributed by atoms with Crippen LogP contribution in [0.2, 0.25) is 0 Å². The third-order valence-corrected chi connectivity index (χ3v) is 5.84. The maximum atomic E-state index is 13.7. The van der Waals surface area contributed by atoms with Crippen LogP contribution in [0.4, 0.5) is 50.9 Å². The van der Waals surface area contributed by atoms with Crippen molar-refractivity contribution in [3.63, 3.8) is 0 Å². The van der Waals surface area contributed by atoms with Gasteiger partial charge in [0.05, 0.1) is 28.3 Å². The number of carbonyl (C=O) groups is 1. The molecule has 0 aromatic heterocycles. The fourth-order valence-electron chi connectivity index (χ4n) is 4.01. The molecule has 3 aromatic rings. The van der Waals surface area contributed by atoms with Gasteiger partial charge in [-0.2, -0.15) is 39.5 Å². The van der Waals surface area contributed by atoms with Crippen LogP contribution in [0.3, 0.4) is 0 Å². The van der Waals surface area contributed by atoms with Gasteiger partial charge in [-0.25, -0.2) is 0 Å². The van der Waals surface area contributed by atoms with Gasteiger partial charge in [-0.05, 0) is 71.5 Å². The first-order chi connectivity index (χ1) is 17.9. The second kappa shape index (κ2) is 10.8. The fourth-order valence-corrected chi connectivity index (χ4v) is 4.01. The highest BCUT2D eigenvalue weighted by Crippen LogP contribution is 2.41. The molecule has 0 amide bonds. The number of benzene rings is 3. The molecule has 3 rings (SSSR count). The lowest BCUT2D eigenvalue weighted by Gasteiger charge is -2.20. The average Bonchev–Trinajstić information content (AvgIpc) is 2.80. The zero-order valence-corrected chi connectivity index (χ0v) is 20.4. The van der Waals surface area contributed by atoms with Gasteiger partial charge in [0.25, 0.3) is 0 Å². The van der Waals surface area contributed by atoms with Crippen LogP contribution < -0.4 is 5.32 Å². The smallest absolute Gasteiger partial charge is 0.418 e. The van der Waals surface area contributed by atoms with Crippen LogP contribution in [-0.2, 0) is 23.3 Å². The van der Waals surface area contributed by atoms with Crippen molar-refractivity contribution in [2.75, 3.05) is 5.32 Å². The van der Waals surface area contributed by atoms with Gasteiger partial charge in [-0.3, -0.25) is 4.79 Å². The Morgan fingerprint density at radius 2 is 1.31 bits per heavy atom. The van der Waals surface area contributed by atoms with Gasteiger partial charge >= 0.3 is 24.5 Å². The SMILES string of the molecule is CC(C)C[C@@H](C(=O)O)c1cc(Nc2ccc(C(F)(F)F)cc2C(F)(F)F)cc(-c2ccc(C(F)(F)F)cc2)c1. The van der Waals surface area contributed by atoms with Gasteiger partial charge < -0.3 is 10.4 Å². The molecule has 0 spiro atoms. The summed E-state index contributed by atoms with van der Waals surface area (Å²) < 4.78 is 119. The first-order valence-electron chi connectivity index (χ1n) is 11.5. The normalized spacial score (nSPS) is 13.4. The van der Waals surface area contributed by atoms with Crippen molar-refractivity contribution < 1.29 is 49.4 Å². The molecule has 0 heterocycles. The molecule has 39 heavy (non-hydrogen) atoms. The third kappa shape index (κ3) is 7.45. The van der Waals surface area contributed by atoms with E-state index >= 15 is 0 Å². The number of aliphatic carboxylic acids is 1. The Bertz CT molecular complexity index is 1330. The molecular formula is C27H22F9NO2. The van der Waals surface area contributed by atoms with Gasteiger partial charge in [0, 0.05) is 5.69 Å². The van der Waals surface area contributed by atoms with Crippen LogP contribution in [0.25, 0.3) is 11.1 Å². The summed E-state index contributed by atoms with van der Waals surface area (Å²) in [6.45, 7) is 3.51. The van der Waals surface area contributed by atoms with Crippen molar-refractivity contribution in [1.29, 1.82) is 0 Å². The molecule has 0 bridgehead atoms. The van der Waals surface area contributed by atoms with E-state index < -0.39 is 52.8 Å². The van der Waals surface area contributed by atoms with E-state index in [9.17, 15) is 49.4 Å². The molecule has 0 unspecified atom stereocenters. The first-order valence-corrected chi connectivity index (χ1v) is 11.5.